The second-order valence-corrected chi connectivity index (χ2v) is 7.35. The zero-order chi connectivity index (χ0) is 19.3. The summed E-state index contributed by atoms with van der Waals surface area (Å²) in [5, 5.41) is 7.15. The number of para-hydroxylation sites is 1. The highest BCUT2D eigenvalue weighted by molar-refractivity contribution is 7.10. The van der Waals surface area contributed by atoms with Gasteiger partial charge in [0.2, 0.25) is 0 Å². The van der Waals surface area contributed by atoms with Gasteiger partial charge in [-0.3, -0.25) is 10.1 Å². The number of nitrogens with zero attached hydrogens (tertiary/aromatic N) is 5. The number of anilines is 2. The summed E-state index contributed by atoms with van der Waals surface area (Å²) >= 11 is 1.02. The minimum atomic E-state index is -0.227. The molecule has 0 aliphatic carbocycles. The highest BCUT2D eigenvalue weighted by Gasteiger charge is 2.27. The number of aromatic nitrogens is 2. The number of nitrogens with one attached hydrogen (secondary N) is 1. The monoisotopic (exact) mass is 402 g/mol. The Balaban J connectivity index is 1.35. The number of carbonyl (C=O) groups is 2. The van der Waals surface area contributed by atoms with Crippen LogP contribution in [0.25, 0.3) is 0 Å². The van der Waals surface area contributed by atoms with Gasteiger partial charge in [0.15, 0.2) is 10.7 Å². The van der Waals surface area contributed by atoms with E-state index in [1.54, 1.807) is 9.80 Å². The molecule has 0 unspecified atom stereocenters. The standard InChI is InChI=1S/C18H22N6O3S/c25-17(23-10-12-27-13-11-23)15-16(28-21-20-15)19-18(26)24-8-6-22(7-9-24)14-4-2-1-3-5-14/h1-5H,6-13H2,(H,19,26). The number of piperazine rings is 1. The first kappa shape index (κ1) is 18.6. The fourth-order valence-corrected chi connectivity index (χ4v) is 3.86. The molecule has 4 rings (SSSR count). The average Bonchev–Trinajstić information content (AvgIpc) is 3.22. The number of hydrogen-bond donors (Lipinski definition) is 1. The minimum Gasteiger partial charge on any atom is -0.378 e. The molecule has 1 N–H and O–H groups in total. The van der Waals surface area contributed by atoms with Crippen LogP contribution in [0.3, 0.4) is 0 Å². The van der Waals surface area contributed by atoms with Crippen LogP contribution in [0.1, 0.15) is 10.5 Å². The van der Waals surface area contributed by atoms with Gasteiger partial charge in [-0.05, 0) is 12.1 Å². The van der Waals surface area contributed by atoms with Crippen molar-refractivity contribution in [3.05, 3.63) is 36.0 Å². The zero-order valence-corrected chi connectivity index (χ0v) is 16.2. The smallest absolute Gasteiger partial charge is 0.322 e. The predicted molar refractivity (Wildman–Crippen MR) is 106 cm³/mol. The van der Waals surface area contributed by atoms with E-state index in [1.807, 2.05) is 18.2 Å². The quantitative estimate of drug-likeness (QED) is 0.834. The fraction of sp³-hybridized carbons (Fsp3) is 0.444. The molecule has 3 heterocycles. The van der Waals surface area contributed by atoms with Crippen LogP contribution in [-0.2, 0) is 4.74 Å². The van der Waals surface area contributed by atoms with Crippen LogP contribution in [-0.4, -0.2) is 83.8 Å². The first-order valence-electron chi connectivity index (χ1n) is 9.27. The maximum atomic E-state index is 12.7. The van der Waals surface area contributed by atoms with Gasteiger partial charge in [0.25, 0.3) is 5.91 Å². The van der Waals surface area contributed by atoms with Gasteiger partial charge in [-0.1, -0.05) is 22.7 Å². The molecule has 2 aliphatic heterocycles. The highest BCUT2D eigenvalue weighted by atomic mass is 32.1. The topological polar surface area (TPSA) is 90.9 Å². The summed E-state index contributed by atoms with van der Waals surface area (Å²) in [4.78, 5) is 31.0. The molecule has 2 saturated heterocycles. The lowest BCUT2D eigenvalue weighted by Gasteiger charge is -2.36. The maximum Gasteiger partial charge on any atom is 0.322 e. The molecule has 9 nitrogen and oxygen atoms in total. The van der Waals surface area contributed by atoms with Gasteiger partial charge in [-0.25, -0.2) is 4.79 Å². The van der Waals surface area contributed by atoms with Crippen molar-refractivity contribution >= 4 is 34.2 Å². The molecule has 28 heavy (non-hydrogen) atoms. The maximum absolute atomic E-state index is 12.7. The lowest BCUT2D eigenvalue weighted by molar-refractivity contribution is 0.0299. The number of benzene rings is 1. The molecule has 3 amide bonds. The summed E-state index contributed by atoms with van der Waals surface area (Å²) in [6.45, 7) is 4.80. The van der Waals surface area contributed by atoms with E-state index in [1.165, 1.54) is 0 Å². The molecule has 0 bridgehead atoms. The molecular formula is C18H22N6O3S. The summed E-state index contributed by atoms with van der Waals surface area (Å²) in [6, 6.07) is 9.93. The van der Waals surface area contributed by atoms with E-state index in [-0.39, 0.29) is 17.6 Å². The molecule has 0 radical (unpaired) electrons. The van der Waals surface area contributed by atoms with Crippen molar-refractivity contribution in [1.29, 1.82) is 0 Å². The van der Waals surface area contributed by atoms with Crippen molar-refractivity contribution in [2.75, 3.05) is 62.7 Å². The summed E-state index contributed by atoms with van der Waals surface area (Å²) in [5.74, 6) is -0.221. The van der Waals surface area contributed by atoms with Gasteiger partial charge >= 0.3 is 6.03 Å². The van der Waals surface area contributed by atoms with Gasteiger partial charge < -0.3 is 19.4 Å². The van der Waals surface area contributed by atoms with E-state index in [2.05, 4.69) is 31.9 Å². The Morgan fingerprint density at radius 1 is 0.964 bits per heavy atom. The van der Waals surface area contributed by atoms with Crippen molar-refractivity contribution < 1.29 is 14.3 Å². The lowest BCUT2D eigenvalue weighted by Crippen LogP contribution is -2.50. The molecule has 1 aromatic heterocycles. The summed E-state index contributed by atoms with van der Waals surface area (Å²) < 4.78 is 9.13. The number of morpholine rings is 1. The minimum absolute atomic E-state index is 0.197. The van der Waals surface area contributed by atoms with Gasteiger partial charge in [-0.15, -0.1) is 5.10 Å². The van der Waals surface area contributed by atoms with Crippen molar-refractivity contribution in [2.24, 2.45) is 0 Å². The highest BCUT2D eigenvalue weighted by Crippen LogP contribution is 2.21. The van der Waals surface area contributed by atoms with Crippen molar-refractivity contribution in [3.8, 4) is 0 Å². The Bertz CT molecular complexity index is 816. The number of hydrogen-bond acceptors (Lipinski definition) is 7. The van der Waals surface area contributed by atoms with E-state index in [0.29, 0.717) is 44.4 Å². The molecule has 2 aromatic rings. The largest absolute Gasteiger partial charge is 0.378 e. The summed E-state index contributed by atoms with van der Waals surface area (Å²) in [5.41, 5.74) is 1.36. The van der Waals surface area contributed by atoms with E-state index >= 15 is 0 Å². The second-order valence-electron chi connectivity index (χ2n) is 6.60. The van der Waals surface area contributed by atoms with Crippen molar-refractivity contribution in [3.63, 3.8) is 0 Å². The van der Waals surface area contributed by atoms with Gasteiger partial charge in [0.1, 0.15) is 0 Å². The molecule has 1 aromatic carbocycles. The van der Waals surface area contributed by atoms with Gasteiger partial charge in [-0.2, -0.15) is 0 Å². The third kappa shape index (κ3) is 4.07. The van der Waals surface area contributed by atoms with Crippen LogP contribution >= 0.6 is 11.5 Å². The van der Waals surface area contributed by atoms with Crippen LogP contribution < -0.4 is 10.2 Å². The fourth-order valence-electron chi connectivity index (χ4n) is 3.31. The van der Waals surface area contributed by atoms with Crippen LogP contribution in [0.2, 0.25) is 0 Å². The zero-order valence-electron chi connectivity index (χ0n) is 15.4. The van der Waals surface area contributed by atoms with Crippen LogP contribution in [0.4, 0.5) is 15.5 Å². The Morgan fingerprint density at radius 2 is 1.68 bits per heavy atom. The van der Waals surface area contributed by atoms with Crippen LogP contribution in [0.5, 0.6) is 0 Å². The van der Waals surface area contributed by atoms with Gasteiger partial charge in [0, 0.05) is 56.5 Å². The predicted octanol–water partition coefficient (Wildman–Crippen LogP) is 1.36. The second kappa shape index (κ2) is 8.53. The Morgan fingerprint density at radius 3 is 2.39 bits per heavy atom. The molecule has 10 heteroatoms. The molecule has 2 fully saturated rings. The third-order valence-electron chi connectivity index (χ3n) is 4.90. The number of ether oxygens (including phenoxy) is 1. The molecule has 2 aliphatic rings. The Kier molecular flexibility index (Phi) is 5.68. The summed E-state index contributed by atoms with van der Waals surface area (Å²) in [6.07, 6.45) is 0. The molecule has 0 saturated carbocycles. The van der Waals surface area contributed by atoms with Crippen molar-refractivity contribution in [1.82, 2.24) is 19.4 Å². The van der Waals surface area contributed by atoms with E-state index in [0.717, 1.165) is 30.3 Å². The molecule has 0 spiro atoms. The normalized spacial score (nSPS) is 17.5. The molecule has 148 valence electrons. The van der Waals surface area contributed by atoms with Gasteiger partial charge in [0.05, 0.1) is 13.2 Å². The first-order chi connectivity index (χ1) is 13.7. The molecular weight excluding hydrogens is 380 g/mol. The molecule has 0 atom stereocenters. The van der Waals surface area contributed by atoms with E-state index < -0.39 is 0 Å². The third-order valence-corrected chi connectivity index (χ3v) is 5.54. The Labute approximate surface area is 167 Å². The first-order valence-corrected chi connectivity index (χ1v) is 10.0. The average molecular weight is 402 g/mol. The van der Waals surface area contributed by atoms with Crippen LogP contribution in [0.15, 0.2) is 30.3 Å². The van der Waals surface area contributed by atoms with E-state index in [9.17, 15) is 9.59 Å². The number of carbonyl (C=O) groups excluding carboxylic acids is 2. The lowest BCUT2D eigenvalue weighted by atomic mass is 10.2. The number of urea groups is 1. The van der Waals surface area contributed by atoms with E-state index in [4.69, 9.17) is 4.74 Å². The SMILES string of the molecule is O=C(Nc1snnc1C(=O)N1CCOCC1)N1CCN(c2ccccc2)CC1. The number of rotatable bonds is 3. The van der Waals surface area contributed by atoms with Crippen LogP contribution in [0, 0.1) is 0 Å². The Hall–Kier alpha value is -2.72. The summed E-state index contributed by atoms with van der Waals surface area (Å²) in [7, 11) is 0. The number of amides is 3. The van der Waals surface area contributed by atoms with Crippen molar-refractivity contribution in [2.45, 2.75) is 0 Å².